The van der Waals surface area contributed by atoms with E-state index in [0.29, 0.717) is 5.41 Å². The fraction of sp³-hybridized carbons (Fsp3) is 1.00. The smallest absolute Gasteiger partial charge is 0.0117 e. The van der Waals surface area contributed by atoms with Gasteiger partial charge in [-0.15, -0.1) is 0 Å². The van der Waals surface area contributed by atoms with E-state index >= 15 is 0 Å². The van der Waals surface area contributed by atoms with Crippen LogP contribution in [0.2, 0.25) is 0 Å². The minimum absolute atomic E-state index is 0.405. The summed E-state index contributed by atoms with van der Waals surface area (Å²) in [6, 6.07) is 0.780. The third kappa shape index (κ3) is 7.12. The van der Waals surface area contributed by atoms with Crippen molar-refractivity contribution in [2.24, 2.45) is 11.3 Å². The van der Waals surface area contributed by atoms with Gasteiger partial charge in [0.25, 0.3) is 0 Å². The highest BCUT2D eigenvalue weighted by molar-refractivity contribution is 4.84. The standard InChI is InChI=1S/C18H39N3/c1-7-10-18(4,14-19-13-16(2)3)15-21(6)17-8-11-20(5)12-9-17/h16-17,19H,7-15H2,1-6H3. The van der Waals surface area contributed by atoms with Gasteiger partial charge in [-0.1, -0.05) is 34.1 Å². The van der Waals surface area contributed by atoms with Crippen LogP contribution < -0.4 is 5.32 Å². The molecule has 0 aliphatic carbocycles. The highest BCUT2D eigenvalue weighted by Crippen LogP contribution is 2.26. The summed E-state index contributed by atoms with van der Waals surface area (Å²) in [6.45, 7) is 15.4. The van der Waals surface area contributed by atoms with Gasteiger partial charge >= 0.3 is 0 Å². The van der Waals surface area contributed by atoms with Crippen molar-refractivity contribution in [3.63, 3.8) is 0 Å². The number of nitrogens with zero attached hydrogens (tertiary/aromatic N) is 2. The quantitative estimate of drug-likeness (QED) is 0.705. The molecule has 0 aromatic carbocycles. The van der Waals surface area contributed by atoms with Gasteiger partial charge in [0.05, 0.1) is 0 Å². The fourth-order valence-corrected chi connectivity index (χ4v) is 3.66. The van der Waals surface area contributed by atoms with Crippen molar-refractivity contribution >= 4 is 0 Å². The minimum Gasteiger partial charge on any atom is -0.316 e. The molecule has 0 bridgehead atoms. The summed E-state index contributed by atoms with van der Waals surface area (Å²) in [5.74, 6) is 0.738. The molecule has 0 radical (unpaired) electrons. The van der Waals surface area contributed by atoms with E-state index in [1.165, 1.54) is 45.3 Å². The predicted molar refractivity (Wildman–Crippen MR) is 93.9 cm³/mol. The normalized spacial score (nSPS) is 21.1. The molecule has 1 aliphatic rings. The van der Waals surface area contributed by atoms with Crippen LogP contribution in [0.1, 0.15) is 53.4 Å². The van der Waals surface area contributed by atoms with E-state index in [1.54, 1.807) is 0 Å². The maximum absolute atomic E-state index is 3.69. The van der Waals surface area contributed by atoms with Crippen molar-refractivity contribution in [1.82, 2.24) is 15.1 Å². The summed E-state index contributed by atoms with van der Waals surface area (Å²) in [4.78, 5) is 5.10. The van der Waals surface area contributed by atoms with Crippen LogP contribution in [0.15, 0.2) is 0 Å². The second kappa shape index (κ2) is 9.12. The Morgan fingerprint density at radius 2 is 1.90 bits per heavy atom. The first-order chi connectivity index (χ1) is 9.86. The maximum Gasteiger partial charge on any atom is 0.0117 e. The van der Waals surface area contributed by atoms with Gasteiger partial charge in [-0.3, -0.25) is 0 Å². The zero-order chi connectivity index (χ0) is 15.9. The molecule has 1 rings (SSSR count). The number of likely N-dealkylation sites (tertiary alicyclic amines) is 1. The van der Waals surface area contributed by atoms with Gasteiger partial charge < -0.3 is 15.1 Å². The second-order valence-electron chi connectivity index (χ2n) is 8.03. The molecule has 0 spiro atoms. The summed E-state index contributed by atoms with van der Waals surface area (Å²) >= 11 is 0. The maximum atomic E-state index is 3.69. The molecule has 1 N–H and O–H groups in total. The molecule has 1 heterocycles. The Balaban J connectivity index is 2.47. The molecule has 1 saturated heterocycles. The molecule has 1 fully saturated rings. The lowest BCUT2D eigenvalue weighted by atomic mass is 9.84. The first-order valence-corrected chi connectivity index (χ1v) is 8.96. The van der Waals surface area contributed by atoms with Crippen LogP contribution in [0.25, 0.3) is 0 Å². The SMILES string of the molecule is CCCC(C)(CNCC(C)C)CN(C)C1CCN(C)CC1. The van der Waals surface area contributed by atoms with E-state index in [0.717, 1.165) is 25.0 Å². The first kappa shape index (κ1) is 18.9. The average Bonchev–Trinajstić information content (AvgIpc) is 2.38. The lowest BCUT2D eigenvalue weighted by Crippen LogP contribution is -2.48. The van der Waals surface area contributed by atoms with Crippen LogP contribution >= 0.6 is 0 Å². The molecule has 3 nitrogen and oxygen atoms in total. The van der Waals surface area contributed by atoms with Gasteiger partial charge in [0.2, 0.25) is 0 Å². The minimum atomic E-state index is 0.405. The molecule has 1 aliphatic heterocycles. The van der Waals surface area contributed by atoms with Crippen molar-refractivity contribution in [2.45, 2.75) is 59.4 Å². The van der Waals surface area contributed by atoms with E-state index in [4.69, 9.17) is 0 Å². The molecule has 0 saturated carbocycles. The third-order valence-corrected chi connectivity index (χ3v) is 4.90. The Morgan fingerprint density at radius 3 is 2.43 bits per heavy atom. The van der Waals surface area contributed by atoms with Gasteiger partial charge in [-0.25, -0.2) is 0 Å². The average molecular weight is 298 g/mol. The van der Waals surface area contributed by atoms with Gasteiger partial charge in [-0.05, 0) is 64.3 Å². The fourth-order valence-electron chi connectivity index (χ4n) is 3.66. The Kier molecular flexibility index (Phi) is 8.22. The van der Waals surface area contributed by atoms with Crippen LogP contribution in [0.5, 0.6) is 0 Å². The number of piperidine rings is 1. The monoisotopic (exact) mass is 297 g/mol. The molecule has 0 amide bonds. The van der Waals surface area contributed by atoms with Crippen molar-refractivity contribution < 1.29 is 0 Å². The largest absolute Gasteiger partial charge is 0.316 e. The lowest BCUT2D eigenvalue weighted by molar-refractivity contribution is 0.0939. The lowest BCUT2D eigenvalue weighted by Gasteiger charge is -2.40. The summed E-state index contributed by atoms with van der Waals surface area (Å²) in [5.41, 5.74) is 0.405. The molecule has 21 heavy (non-hydrogen) atoms. The Hall–Kier alpha value is -0.120. The molecule has 3 heteroatoms. The van der Waals surface area contributed by atoms with Crippen LogP contribution in [0, 0.1) is 11.3 Å². The Bertz CT molecular complexity index is 272. The summed E-state index contributed by atoms with van der Waals surface area (Å²) in [7, 11) is 4.58. The summed E-state index contributed by atoms with van der Waals surface area (Å²) in [5, 5.41) is 3.69. The molecule has 126 valence electrons. The topological polar surface area (TPSA) is 18.5 Å². The van der Waals surface area contributed by atoms with Crippen LogP contribution in [0.3, 0.4) is 0 Å². The van der Waals surface area contributed by atoms with E-state index in [2.05, 4.69) is 56.9 Å². The van der Waals surface area contributed by atoms with E-state index < -0.39 is 0 Å². The highest BCUT2D eigenvalue weighted by Gasteiger charge is 2.29. The van der Waals surface area contributed by atoms with Crippen LogP contribution in [-0.4, -0.2) is 62.7 Å². The first-order valence-electron chi connectivity index (χ1n) is 8.96. The molecular formula is C18H39N3. The molecular weight excluding hydrogens is 258 g/mol. The van der Waals surface area contributed by atoms with Gasteiger partial charge in [0.1, 0.15) is 0 Å². The molecule has 1 atom stereocenters. The van der Waals surface area contributed by atoms with Crippen LogP contribution in [-0.2, 0) is 0 Å². The number of hydrogen-bond acceptors (Lipinski definition) is 3. The predicted octanol–water partition coefficient (Wildman–Crippen LogP) is 3.06. The second-order valence-corrected chi connectivity index (χ2v) is 8.03. The van der Waals surface area contributed by atoms with Gasteiger partial charge in [0, 0.05) is 19.1 Å². The zero-order valence-corrected chi connectivity index (χ0v) is 15.4. The van der Waals surface area contributed by atoms with Crippen molar-refractivity contribution in [3.05, 3.63) is 0 Å². The Morgan fingerprint density at radius 1 is 1.29 bits per heavy atom. The summed E-state index contributed by atoms with van der Waals surface area (Å²) in [6.07, 6.45) is 5.25. The van der Waals surface area contributed by atoms with Crippen molar-refractivity contribution in [2.75, 3.05) is 46.8 Å². The highest BCUT2D eigenvalue weighted by atomic mass is 15.2. The van der Waals surface area contributed by atoms with Crippen molar-refractivity contribution in [3.8, 4) is 0 Å². The van der Waals surface area contributed by atoms with Crippen molar-refractivity contribution in [1.29, 1.82) is 0 Å². The number of rotatable bonds is 9. The van der Waals surface area contributed by atoms with Gasteiger partial charge in [0.15, 0.2) is 0 Å². The number of nitrogens with one attached hydrogen (secondary N) is 1. The zero-order valence-electron chi connectivity index (χ0n) is 15.4. The third-order valence-electron chi connectivity index (χ3n) is 4.90. The Labute approximate surface area is 133 Å². The molecule has 1 unspecified atom stereocenters. The van der Waals surface area contributed by atoms with E-state index in [-0.39, 0.29) is 0 Å². The number of hydrogen-bond donors (Lipinski definition) is 1. The van der Waals surface area contributed by atoms with E-state index in [9.17, 15) is 0 Å². The molecule has 0 aromatic rings. The summed E-state index contributed by atoms with van der Waals surface area (Å²) < 4.78 is 0. The van der Waals surface area contributed by atoms with E-state index in [1.807, 2.05) is 0 Å². The van der Waals surface area contributed by atoms with Crippen LogP contribution in [0.4, 0.5) is 0 Å². The molecule has 0 aromatic heterocycles. The van der Waals surface area contributed by atoms with Gasteiger partial charge in [-0.2, -0.15) is 0 Å².